The van der Waals surface area contributed by atoms with Crippen LogP contribution in [0, 0.1) is 12.7 Å². The second-order valence-electron chi connectivity index (χ2n) is 9.01. The Kier molecular flexibility index (Phi) is 8.10. The Morgan fingerprint density at radius 1 is 1.21 bits per heavy atom. The Balaban J connectivity index is 1.68. The van der Waals surface area contributed by atoms with Crippen LogP contribution in [0.3, 0.4) is 0 Å². The monoisotopic (exact) mass is 545 g/mol. The Bertz CT molecular complexity index is 1200. The van der Waals surface area contributed by atoms with Gasteiger partial charge >= 0.3 is 0 Å². The molecular weight excluding hydrogens is 517 g/mol. The van der Waals surface area contributed by atoms with Crippen LogP contribution in [0.2, 0.25) is 5.02 Å². The molecule has 1 aliphatic heterocycles. The lowest BCUT2D eigenvalue weighted by Crippen LogP contribution is -2.33. The number of benzene rings is 2. The fourth-order valence-corrected chi connectivity index (χ4v) is 5.50. The van der Waals surface area contributed by atoms with Crippen LogP contribution >= 0.6 is 27.5 Å². The van der Waals surface area contributed by atoms with Crippen LogP contribution in [-0.2, 0) is 0 Å². The Morgan fingerprint density at radius 3 is 2.71 bits per heavy atom. The average Bonchev–Trinajstić information content (AvgIpc) is 2.83. The van der Waals surface area contributed by atoms with Crippen LogP contribution in [0.1, 0.15) is 66.4 Å². The predicted molar refractivity (Wildman–Crippen MR) is 142 cm³/mol. The summed E-state index contributed by atoms with van der Waals surface area (Å²) in [5.74, 6) is 0.352. The number of amides is 1. The van der Waals surface area contributed by atoms with E-state index in [2.05, 4.69) is 33.1 Å². The van der Waals surface area contributed by atoms with Crippen molar-refractivity contribution in [2.24, 2.45) is 0 Å². The van der Waals surface area contributed by atoms with E-state index in [0.717, 1.165) is 71.1 Å². The smallest absolute Gasteiger partial charge is 0.252 e. The molecule has 180 valence electrons. The third-order valence-electron chi connectivity index (χ3n) is 6.59. The van der Waals surface area contributed by atoms with Gasteiger partial charge in [-0.3, -0.25) is 4.79 Å². The lowest BCUT2D eigenvalue weighted by Gasteiger charge is -2.30. The first-order valence-electron chi connectivity index (χ1n) is 12.0. The van der Waals surface area contributed by atoms with E-state index in [1.165, 1.54) is 18.6 Å². The molecule has 1 N–H and O–H groups in total. The van der Waals surface area contributed by atoms with Crippen molar-refractivity contribution in [2.45, 2.75) is 51.9 Å². The molecule has 2 heterocycles. The summed E-state index contributed by atoms with van der Waals surface area (Å²) in [6.45, 7) is 6.34. The number of pyridine rings is 1. The molecule has 1 fully saturated rings. The number of aromatic nitrogens is 1. The zero-order chi connectivity index (χ0) is 24.2. The van der Waals surface area contributed by atoms with Crippen molar-refractivity contribution >= 4 is 50.2 Å². The second-order valence-corrected chi connectivity index (χ2v) is 10.3. The predicted octanol–water partition coefficient (Wildman–Crippen LogP) is 7.40. The average molecular weight is 547 g/mol. The zero-order valence-corrected chi connectivity index (χ0v) is 22.0. The standard InChI is InChI=1S/C27H30BrClFN3O/c1-3-7-18(21-15-20(30)9-10-23(21)29)16-31-27(34)25-17(2)26(33-12-5-4-6-13-33)32-24-11-8-19(28)14-22(24)25/h8-11,14-15,18H,3-7,12-13,16H2,1-2H3,(H,31,34). The summed E-state index contributed by atoms with van der Waals surface area (Å²) in [4.78, 5) is 20.9. The molecule has 0 spiro atoms. The van der Waals surface area contributed by atoms with Crippen LogP contribution in [-0.4, -0.2) is 30.5 Å². The number of anilines is 1. The molecule has 1 aliphatic rings. The van der Waals surface area contributed by atoms with Gasteiger partial charge in [0.15, 0.2) is 0 Å². The quantitative estimate of drug-likeness (QED) is 0.336. The summed E-state index contributed by atoms with van der Waals surface area (Å²) in [5.41, 5.74) is 3.07. The van der Waals surface area contributed by atoms with Gasteiger partial charge in [0.1, 0.15) is 11.6 Å². The van der Waals surface area contributed by atoms with Crippen LogP contribution < -0.4 is 10.2 Å². The summed E-state index contributed by atoms with van der Waals surface area (Å²) in [7, 11) is 0. The molecule has 0 radical (unpaired) electrons. The van der Waals surface area contributed by atoms with Gasteiger partial charge in [-0.05, 0) is 74.6 Å². The van der Waals surface area contributed by atoms with Gasteiger partial charge in [-0.2, -0.15) is 0 Å². The highest BCUT2D eigenvalue weighted by molar-refractivity contribution is 9.10. The van der Waals surface area contributed by atoms with E-state index in [0.29, 0.717) is 17.1 Å². The summed E-state index contributed by atoms with van der Waals surface area (Å²) in [6.07, 6.45) is 5.19. The first-order chi connectivity index (χ1) is 16.4. The Hall–Kier alpha value is -2.18. The highest BCUT2D eigenvalue weighted by Gasteiger charge is 2.24. The maximum atomic E-state index is 13.9. The van der Waals surface area contributed by atoms with Crippen LogP contribution in [0.5, 0.6) is 0 Å². The van der Waals surface area contributed by atoms with Crippen molar-refractivity contribution in [3.8, 4) is 0 Å². The lowest BCUT2D eigenvalue weighted by molar-refractivity contribution is 0.0951. The van der Waals surface area contributed by atoms with E-state index >= 15 is 0 Å². The Morgan fingerprint density at radius 2 is 1.97 bits per heavy atom. The summed E-state index contributed by atoms with van der Waals surface area (Å²) < 4.78 is 14.8. The molecule has 1 amide bonds. The number of carbonyl (C=O) groups excluding carboxylic acids is 1. The molecular formula is C27H30BrClFN3O. The van der Waals surface area contributed by atoms with Crippen LogP contribution in [0.4, 0.5) is 10.2 Å². The number of halogens is 3. The molecule has 3 aromatic rings. The molecule has 0 bridgehead atoms. The highest BCUT2D eigenvalue weighted by atomic mass is 79.9. The van der Waals surface area contributed by atoms with Crippen molar-refractivity contribution in [1.82, 2.24) is 10.3 Å². The molecule has 4 nitrogen and oxygen atoms in total. The second kappa shape index (κ2) is 11.0. The van der Waals surface area contributed by atoms with Crippen LogP contribution in [0.25, 0.3) is 10.9 Å². The molecule has 34 heavy (non-hydrogen) atoms. The van der Waals surface area contributed by atoms with Gasteiger partial charge in [0, 0.05) is 46.0 Å². The van der Waals surface area contributed by atoms with Crippen molar-refractivity contribution in [2.75, 3.05) is 24.5 Å². The maximum absolute atomic E-state index is 13.9. The number of nitrogens with one attached hydrogen (secondary N) is 1. The van der Waals surface area contributed by atoms with E-state index in [1.807, 2.05) is 25.1 Å². The third kappa shape index (κ3) is 5.38. The van der Waals surface area contributed by atoms with E-state index in [9.17, 15) is 9.18 Å². The van der Waals surface area contributed by atoms with Gasteiger partial charge in [-0.15, -0.1) is 0 Å². The molecule has 1 aromatic heterocycles. The zero-order valence-electron chi connectivity index (χ0n) is 19.6. The number of hydrogen-bond donors (Lipinski definition) is 1. The number of carbonyl (C=O) groups is 1. The van der Waals surface area contributed by atoms with E-state index in [1.54, 1.807) is 6.07 Å². The van der Waals surface area contributed by atoms with Gasteiger partial charge in [0.25, 0.3) is 5.91 Å². The minimum Gasteiger partial charge on any atom is -0.356 e. The summed E-state index contributed by atoms with van der Waals surface area (Å²) >= 11 is 9.93. The van der Waals surface area contributed by atoms with E-state index in [-0.39, 0.29) is 17.6 Å². The number of piperidine rings is 1. The SMILES string of the molecule is CCCC(CNC(=O)c1c(C)c(N2CCCCC2)nc2ccc(Br)cc12)c1cc(F)ccc1Cl. The molecule has 0 saturated carbocycles. The van der Waals surface area contributed by atoms with Gasteiger partial charge in [-0.1, -0.05) is 40.9 Å². The molecule has 2 aromatic carbocycles. The molecule has 7 heteroatoms. The first kappa shape index (κ1) is 24.9. The topological polar surface area (TPSA) is 45.2 Å². The van der Waals surface area contributed by atoms with Crippen LogP contribution in [0.15, 0.2) is 40.9 Å². The fraction of sp³-hybridized carbons (Fsp3) is 0.407. The third-order valence-corrected chi connectivity index (χ3v) is 7.43. The summed E-state index contributed by atoms with van der Waals surface area (Å²) in [6, 6.07) is 10.3. The first-order valence-corrected chi connectivity index (χ1v) is 13.1. The molecule has 1 saturated heterocycles. The van der Waals surface area contributed by atoms with Crippen molar-refractivity contribution in [1.29, 1.82) is 0 Å². The summed E-state index contributed by atoms with van der Waals surface area (Å²) in [5, 5.41) is 4.47. The van der Waals surface area contributed by atoms with Gasteiger partial charge in [-0.25, -0.2) is 9.37 Å². The van der Waals surface area contributed by atoms with E-state index < -0.39 is 0 Å². The minimum atomic E-state index is -0.321. The van der Waals surface area contributed by atoms with E-state index in [4.69, 9.17) is 16.6 Å². The number of fused-ring (bicyclic) bond motifs is 1. The molecule has 1 unspecified atom stereocenters. The number of hydrogen-bond acceptors (Lipinski definition) is 3. The van der Waals surface area contributed by atoms with Gasteiger partial charge < -0.3 is 10.2 Å². The molecule has 1 atom stereocenters. The minimum absolute atomic E-state index is 0.0705. The van der Waals surface area contributed by atoms with Crippen molar-refractivity contribution in [3.05, 3.63) is 68.4 Å². The largest absolute Gasteiger partial charge is 0.356 e. The highest BCUT2D eigenvalue weighted by Crippen LogP contribution is 2.33. The fourth-order valence-electron chi connectivity index (χ4n) is 4.87. The van der Waals surface area contributed by atoms with Crippen molar-refractivity contribution in [3.63, 3.8) is 0 Å². The van der Waals surface area contributed by atoms with Crippen molar-refractivity contribution < 1.29 is 9.18 Å². The Labute approximate surface area is 214 Å². The number of nitrogens with zero attached hydrogens (tertiary/aromatic N) is 2. The number of rotatable bonds is 7. The molecule has 0 aliphatic carbocycles. The molecule has 4 rings (SSSR count). The van der Waals surface area contributed by atoms with Gasteiger partial charge in [0.05, 0.1) is 11.1 Å². The maximum Gasteiger partial charge on any atom is 0.252 e. The lowest BCUT2D eigenvalue weighted by atomic mass is 9.93. The van der Waals surface area contributed by atoms with Gasteiger partial charge in [0.2, 0.25) is 0 Å². The normalized spacial score (nSPS) is 14.9.